The Kier molecular flexibility index (Phi) is 3.33. The second kappa shape index (κ2) is 4.70. The lowest BCUT2D eigenvalue weighted by atomic mass is 10.1. The lowest BCUT2D eigenvalue weighted by molar-refractivity contribution is -0.137. The van der Waals surface area contributed by atoms with E-state index < -0.39 is 17.7 Å². The number of para-hydroxylation sites is 1. The summed E-state index contributed by atoms with van der Waals surface area (Å²) in [5.41, 5.74) is -0.149. The highest BCUT2D eigenvalue weighted by Gasteiger charge is 2.34. The standard InChI is InChI=1S/C14H12F3NO2/c1-8-7-18(9(2)12(8)13(19)20)11-6-4-3-5-10(11)14(15,16)17/h3-7H,1-2H3,(H,19,20). The summed E-state index contributed by atoms with van der Waals surface area (Å²) in [6.45, 7) is 3.05. The van der Waals surface area contributed by atoms with Crippen molar-refractivity contribution in [3.05, 3.63) is 52.8 Å². The monoisotopic (exact) mass is 283 g/mol. The zero-order valence-electron chi connectivity index (χ0n) is 10.8. The van der Waals surface area contributed by atoms with Gasteiger partial charge < -0.3 is 9.67 Å². The zero-order valence-corrected chi connectivity index (χ0v) is 10.8. The zero-order chi connectivity index (χ0) is 15.1. The van der Waals surface area contributed by atoms with Crippen molar-refractivity contribution < 1.29 is 23.1 Å². The molecule has 6 heteroatoms. The maximum Gasteiger partial charge on any atom is 0.418 e. The summed E-state index contributed by atoms with van der Waals surface area (Å²) in [7, 11) is 0. The Labute approximate surface area is 113 Å². The molecule has 106 valence electrons. The second-order valence-electron chi connectivity index (χ2n) is 4.46. The number of rotatable bonds is 2. The van der Waals surface area contributed by atoms with Crippen molar-refractivity contribution in [3.63, 3.8) is 0 Å². The first-order valence-electron chi connectivity index (χ1n) is 5.82. The van der Waals surface area contributed by atoms with E-state index >= 15 is 0 Å². The van der Waals surface area contributed by atoms with Gasteiger partial charge in [0, 0.05) is 11.9 Å². The third-order valence-electron chi connectivity index (χ3n) is 3.12. The topological polar surface area (TPSA) is 42.2 Å². The van der Waals surface area contributed by atoms with Gasteiger partial charge in [-0.2, -0.15) is 13.2 Å². The van der Waals surface area contributed by atoms with Gasteiger partial charge in [0.25, 0.3) is 0 Å². The van der Waals surface area contributed by atoms with Crippen LogP contribution in [-0.2, 0) is 6.18 Å². The van der Waals surface area contributed by atoms with Crippen molar-refractivity contribution in [2.45, 2.75) is 20.0 Å². The molecule has 0 unspecified atom stereocenters. The number of hydrogen-bond donors (Lipinski definition) is 1. The summed E-state index contributed by atoms with van der Waals surface area (Å²) < 4.78 is 40.3. The van der Waals surface area contributed by atoms with Gasteiger partial charge in [-0.25, -0.2) is 4.79 Å². The number of aromatic nitrogens is 1. The van der Waals surface area contributed by atoms with E-state index in [1.54, 1.807) is 6.92 Å². The number of benzene rings is 1. The minimum Gasteiger partial charge on any atom is -0.478 e. The number of nitrogens with zero attached hydrogens (tertiary/aromatic N) is 1. The molecule has 1 aromatic carbocycles. The highest BCUT2D eigenvalue weighted by Crippen LogP contribution is 2.35. The van der Waals surface area contributed by atoms with E-state index in [1.165, 1.54) is 35.9 Å². The fraction of sp³-hybridized carbons (Fsp3) is 0.214. The third kappa shape index (κ3) is 2.29. The number of carboxylic acid groups (broad SMARTS) is 1. The van der Waals surface area contributed by atoms with Crippen molar-refractivity contribution in [2.75, 3.05) is 0 Å². The summed E-state index contributed by atoms with van der Waals surface area (Å²) in [5.74, 6) is -1.15. The number of alkyl halides is 3. The van der Waals surface area contributed by atoms with Crippen LogP contribution in [0.5, 0.6) is 0 Å². The molecule has 2 rings (SSSR count). The van der Waals surface area contributed by atoms with Gasteiger partial charge in [0.05, 0.1) is 16.8 Å². The molecule has 0 fully saturated rings. The average molecular weight is 283 g/mol. The fourth-order valence-corrected chi connectivity index (χ4v) is 2.26. The van der Waals surface area contributed by atoms with Crippen LogP contribution in [0.2, 0.25) is 0 Å². The smallest absolute Gasteiger partial charge is 0.418 e. The van der Waals surface area contributed by atoms with Crippen molar-refractivity contribution >= 4 is 5.97 Å². The van der Waals surface area contributed by atoms with Gasteiger partial charge in [0.15, 0.2) is 0 Å². The molecule has 0 atom stereocenters. The van der Waals surface area contributed by atoms with Gasteiger partial charge in [-0.3, -0.25) is 0 Å². The Morgan fingerprint density at radius 3 is 2.30 bits per heavy atom. The van der Waals surface area contributed by atoms with E-state index in [0.717, 1.165) is 6.07 Å². The van der Waals surface area contributed by atoms with Gasteiger partial charge in [-0.1, -0.05) is 12.1 Å². The van der Waals surface area contributed by atoms with Crippen LogP contribution in [0.15, 0.2) is 30.5 Å². The summed E-state index contributed by atoms with van der Waals surface area (Å²) in [6, 6.07) is 5.08. The van der Waals surface area contributed by atoms with Crippen molar-refractivity contribution in [1.82, 2.24) is 4.57 Å². The molecule has 0 aliphatic rings. The van der Waals surface area contributed by atoms with Crippen LogP contribution < -0.4 is 0 Å². The molecule has 1 N–H and O–H groups in total. The Bertz CT molecular complexity index is 672. The first-order valence-corrected chi connectivity index (χ1v) is 5.82. The molecule has 0 aliphatic heterocycles. The van der Waals surface area contributed by atoms with Crippen LogP contribution in [0.3, 0.4) is 0 Å². The summed E-state index contributed by atoms with van der Waals surface area (Å²) in [4.78, 5) is 11.1. The van der Waals surface area contributed by atoms with Gasteiger partial charge in [-0.15, -0.1) is 0 Å². The Morgan fingerprint density at radius 2 is 1.80 bits per heavy atom. The molecular formula is C14H12F3NO2. The van der Waals surface area contributed by atoms with E-state index in [1.807, 2.05) is 0 Å². The van der Waals surface area contributed by atoms with Crippen LogP contribution >= 0.6 is 0 Å². The minimum atomic E-state index is -4.50. The molecule has 0 saturated heterocycles. The first kappa shape index (κ1) is 14.2. The highest BCUT2D eigenvalue weighted by atomic mass is 19.4. The van der Waals surface area contributed by atoms with E-state index in [0.29, 0.717) is 5.56 Å². The van der Waals surface area contributed by atoms with E-state index in [-0.39, 0.29) is 16.9 Å². The maximum absolute atomic E-state index is 13.0. The number of halogens is 3. The summed E-state index contributed by atoms with van der Waals surface area (Å²) >= 11 is 0. The van der Waals surface area contributed by atoms with Crippen LogP contribution in [0, 0.1) is 13.8 Å². The molecule has 0 radical (unpaired) electrons. The minimum absolute atomic E-state index is 0.0296. The van der Waals surface area contributed by atoms with E-state index in [4.69, 9.17) is 5.11 Å². The Hall–Kier alpha value is -2.24. The van der Waals surface area contributed by atoms with Crippen molar-refractivity contribution in [1.29, 1.82) is 0 Å². The fourth-order valence-electron chi connectivity index (χ4n) is 2.26. The molecule has 0 amide bonds. The Morgan fingerprint density at radius 1 is 1.20 bits per heavy atom. The number of hydrogen-bond acceptors (Lipinski definition) is 1. The highest BCUT2D eigenvalue weighted by molar-refractivity contribution is 5.91. The average Bonchev–Trinajstić information content (AvgIpc) is 2.63. The van der Waals surface area contributed by atoms with Gasteiger partial charge >= 0.3 is 12.1 Å². The second-order valence-corrected chi connectivity index (χ2v) is 4.46. The summed E-state index contributed by atoms with van der Waals surface area (Å²) in [5, 5.41) is 9.10. The molecule has 0 saturated carbocycles. The van der Waals surface area contributed by atoms with Crippen molar-refractivity contribution in [2.24, 2.45) is 0 Å². The number of aromatic carboxylic acids is 1. The van der Waals surface area contributed by atoms with Gasteiger partial charge in [-0.05, 0) is 31.5 Å². The molecule has 0 aliphatic carbocycles. The number of carbonyl (C=O) groups is 1. The lowest BCUT2D eigenvalue weighted by Gasteiger charge is -2.15. The summed E-state index contributed by atoms with van der Waals surface area (Å²) in [6.07, 6.45) is -3.09. The van der Waals surface area contributed by atoms with Crippen molar-refractivity contribution in [3.8, 4) is 5.69 Å². The van der Waals surface area contributed by atoms with Crippen LogP contribution in [-0.4, -0.2) is 15.6 Å². The SMILES string of the molecule is Cc1cn(-c2ccccc2C(F)(F)F)c(C)c1C(=O)O. The Balaban J connectivity index is 2.71. The number of carboxylic acids is 1. The molecule has 20 heavy (non-hydrogen) atoms. The molecule has 1 aromatic heterocycles. The van der Waals surface area contributed by atoms with E-state index in [2.05, 4.69) is 0 Å². The molecular weight excluding hydrogens is 271 g/mol. The molecule has 3 nitrogen and oxygen atoms in total. The molecule has 1 heterocycles. The quantitative estimate of drug-likeness (QED) is 0.910. The first-order chi connectivity index (χ1) is 9.23. The van der Waals surface area contributed by atoms with Crippen LogP contribution in [0.1, 0.15) is 27.2 Å². The van der Waals surface area contributed by atoms with Gasteiger partial charge in [0.1, 0.15) is 0 Å². The predicted octanol–water partition coefficient (Wildman–Crippen LogP) is 3.81. The molecule has 0 bridgehead atoms. The van der Waals surface area contributed by atoms with Gasteiger partial charge in [0.2, 0.25) is 0 Å². The van der Waals surface area contributed by atoms with Crippen LogP contribution in [0.25, 0.3) is 5.69 Å². The van der Waals surface area contributed by atoms with Crippen LogP contribution in [0.4, 0.5) is 13.2 Å². The predicted molar refractivity (Wildman–Crippen MR) is 67.2 cm³/mol. The maximum atomic E-state index is 13.0. The molecule has 0 spiro atoms. The largest absolute Gasteiger partial charge is 0.478 e. The lowest BCUT2D eigenvalue weighted by Crippen LogP contribution is -2.11. The normalized spacial score (nSPS) is 11.7. The van der Waals surface area contributed by atoms with E-state index in [9.17, 15) is 18.0 Å². The number of aryl methyl sites for hydroxylation is 1. The molecule has 2 aromatic rings. The third-order valence-corrected chi connectivity index (χ3v) is 3.12.